The Morgan fingerprint density at radius 1 is 1.00 bits per heavy atom. The zero-order valence-electron chi connectivity index (χ0n) is 12.4. The Hall–Kier alpha value is -3.01. The van der Waals surface area contributed by atoms with Crippen LogP contribution >= 0.6 is 0 Å². The normalized spacial score (nSPS) is 15.7. The van der Waals surface area contributed by atoms with Gasteiger partial charge in [0, 0.05) is 11.1 Å². The van der Waals surface area contributed by atoms with Crippen molar-refractivity contribution in [1.82, 2.24) is 5.32 Å². The lowest BCUT2D eigenvalue weighted by Gasteiger charge is -2.11. The quantitative estimate of drug-likeness (QED) is 0.800. The Morgan fingerprint density at radius 2 is 1.78 bits per heavy atom. The molecule has 23 heavy (non-hydrogen) atoms. The average molecular weight is 305 g/mol. The van der Waals surface area contributed by atoms with E-state index in [0.29, 0.717) is 12.4 Å². The fourth-order valence-electron chi connectivity index (χ4n) is 2.84. The maximum absolute atomic E-state index is 12.6. The van der Waals surface area contributed by atoms with Crippen LogP contribution in [0.2, 0.25) is 0 Å². The fraction of sp³-hybridized carbons (Fsp3) is 0.105. The van der Waals surface area contributed by atoms with Gasteiger partial charge in [0.05, 0.1) is 12.3 Å². The molecule has 2 heterocycles. The van der Waals surface area contributed by atoms with Gasteiger partial charge in [0.25, 0.3) is 5.91 Å². The zero-order valence-corrected chi connectivity index (χ0v) is 12.4. The summed E-state index contributed by atoms with van der Waals surface area (Å²) in [5, 5.41) is 2.99. The van der Waals surface area contributed by atoms with Crippen LogP contribution in [-0.4, -0.2) is 12.5 Å². The first kappa shape index (κ1) is 13.6. The zero-order chi connectivity index (χ0) is 15.6. The summed E-state index contributed by atoms with van der Waals surface area (Å²) < 4.78 is 11.0. The van der Waals surface area contributed by atoms with Crippen LogP contribution in [0, 0.1) is 0 Å². The second kappa shape index (κ2) is 5.65. The molecule has 0 aliphatic carbocycles. The van der Waals surface area contributed by atoms with E-state index in [2.05, 4.69) is 5.32 Å². The molecule has 1 aliphatic heterocycles. The van der Waals surface area contributed by atoms with Crippen molar-refractivity contribution in [2.75, 3.05) is 6.61 Å². The summed E-state index contributed by atoms with van der Waals surface area (Å²) >= 11 is 0. The van der Waals surface area contributed by atoms with E-state index in [-0.39, 0.29) is 11.9 Å². The number of amides is 1. The molecular weight excluding hydrogens is 290 g/mol. The van der Waals surface area contributed by atoms with Crippen molar-refractivity contribution in [2.24, 2.45) is 0 Å². The molecule has 3 aromatic rings. The van der Waals surface area contributed by atoms with E-state index in [1.165, 1.54) is 6.26 Å². The number of rotatable bonds is 3. The van der Waals surface area contributed by atoms with Crippen LogP contribution in [0.5, 0.6) is 5.75 Å². The molecule has 0 saturated carbocycles. The maximum atomic E-state index is 12.6. The van der Waals surface area contributed by atoms with E-state index >= 15 is 0 Å². The molecule has 0 radical (unpaired) electrons. The minimum Gasteiger partial charge on any atom is -0.491 e. The number of carbonyl (C=O) groups is 1. The predicted octanol–water partition coefficient (Wildman–Crippen LogP) is 3.81. The maximum Gasteiger partial charge on any atom is 0.288 e. The molecule has 2 aromatic carbocycles. The third-order valence-electron chi connectivity index (χ3n) is 3.96. The second-order valence-electron chi connectivity index (χ2n) is 5.40. The molecule has 0 unspecified atom stereocenters. The van der Waals surface area contributed by atoms with Crippen molar-refractivity contribution in [3.05, 3.63) is 78.3 Å². The molecule has 4 rings (SSSR count). The van der Waals surface area contributed by atoms with Gasteiger partial charge in [0.2, 0.25) is 0 Å². The molecule has 1 aromatic heterocycles. The van der Waals surface area contributed by atoms with Gasteiger partial charge in [0.1, 0.15) is 12.4 Å². The summed E-state index contributed by atoms with van der Waals surface area (Å²) in [4.78, 5) is 12.6. The summed E-state index contributed by atoms with van der Waals surface area (Å²) in [6.45, 7) is 0.437. The van der Waals surface area contributed by atoms with Gasteiger partial charge in [-0.1, -0.05) is 48.5 Å². The number of hydrogen-bond donors (Lipinski definition) is 1. The minimum atomic E-state index is -0.237. The largest absolute Gasteiger partial charge is 0.491 e. The third-order valence-corrected chi connectivity index (χ3v) is 3.96. The molecule has 0 fully saturated rings. The van der Waals surface area contributed by atoms with Crippen molar-refractivity contribution in [2.45, 2.75) is 6.04 Å². The first-order valence-electron chi connectivity index (χ1n) is 7.48. The number of fused-ring (bicyclic) bond motifs is 1. The van der Waals surface area contributed by atoms with Crippen LogP contribution in [0.1, 0.15) is 22.2 Å². The van der Waals surface area contributed by atoms with Crippen LogP contribution in [0.3, 0.4) is 0 Å². The van der Waals surface area contributed by atoms with Crippen LogP contribution < -0.4 is 10.1 Å². The number of furan rings is 1. The first-order valence-corrected chi connectivity index (χ1v) is 7.48. The SMILES string of the molecule is O=C(N[C@H]1COc2ccccc21)c1occc1-c1ccccc1. The van der Waals surface area contributed by atoms with Crippen molar-refractivity contribution in [3.8, 4) is 16.9 Å². The minimum absolute atomic E-state index is 0.160. The molecule has 0 saturated heterocycles. The molecule has 1 amide bonds. The highest BCUT2D eigenvalue weighted by Crippen LogP contribution is 2.32. The highest BCUT2D eigenvalue weighted by Gasteiger charge is 2.27. The number of nitrogens with one attached hydrogen (secondary N) is 1. The predicted molar refractivity (Wildman–Crippen MR) is 86.3 cm³/mol. The Labute approximate surface area is 133 Å². The summed E-state index contributed by atoms with van der Waals surface area (Å²) in [6.07, 6.45) is 1.54. The van der Waals surface area contributed by atoms with Gasteiger partial charge in [-0.3, -0.25) is 4.79 Å². The monoisotopic (exact) mass is 305 g/mol. The smallest absolute Gasteiger partial charge is 0.288 e. The van der Waals surface area contributed by atoms with Gasteiger partial charge in [-0.05, 0) is 17.7 Å². The summed E-state index contributed by atoms with van der Waals surface area (Å²) in [7, 11) is 0. The molecule has 4 heteroatoms. The lowest BCUT2D eigenvalue weighted by Crippen LogP contribution is -2.29. The number of carbonyl (C=O) groups excluding carboxylic acids is 1. The van der Waals surface area contributed by atoms with E-state index in [1.54, 1.807) is 0 Å². The summed E-state index contributed by atoms with van der Waals surface area (Å²) in [6, 6.07) is 19.1. The summed E-state index contributed by atoms with van der Waals surface area (Å²) in [5.41, 5.74) is 2.73. The lowest BCUT2D eigenvalue weighted by atomic mass is 10.1. The number of hydrogen-bond acceptors (Lipinski definition) is 3. The van der Waals surface area contributed by atoms with Crippen molar-refractivity contribution < 1.29 is 13.9 Å². The lowest BCUT2D eigenvalue weighted by molar-refractivity contribution is 0.0903. The van der Waals surface area contributed by atoms with E-state index in [0.717, 1.165) is 22.4 Å². The molecule has 114 valence electrons. The average Bonchev–Trinajstić information content (AvgIpc) is 3.23. The molecule has 1 aliphatic rings. The summed E-state index contributed by atoms with van der Waals surface area (Å²) in [5.74, 6) is 0.903. The molecule has 4 nitrogen and oxygen atoms in total. The van der Waals surface area contributed by atoms with Gasteiger partial charge in [-0.25, -0.2) is 0 Å². The van der Waals surface area contributed by atoms with Gasteiger partial charge in [0.15, 0.2) is 5.76 Å². The van der Waals surface area contributed by atoms with Gasteiger partial charge < -0.3 is 14.5 Å². The number of benzene rings is 2. The molecule has 0 spiro atoms. The van der Waals surface area contributed by atoms with Gasteiger partial charge >= 0.3 is 0 Å². The van der Waals surface area contributed by atoms with Crippen molar-refractivity contribution >= 4 is 5.91 Å². The number of ether oxygens (including phenoxy) is 1. The van der Waals surface area contributed by atoms with Crippen LogP contribution in [-0.2, 0) is 0 Å². The van der Waals surface area contributed by atoms with Crippen molar-refractivity contribution in [1.29, 1.82) is 0 Å². The molecule has 1 N–H and O–H groups in total. The molecule has 1 atom stereocenters. The standard InChI is InChI=1S/C19H15NO3/c21-19(20-16-12-23-17-9-5-4-8-15(16)17)18-14(10-11-22-18)13-6-2-1-3-7-13/h1-11,16H,12H2,(H,20,21)/t16-/m0/s1. The molecule has 0 bridgehead atoms. The van der Waals surface area contributed by atoms with Gasteiger partial charge in [-0.15, -0.1) is 0 Å². The Morgan fingerprint density at radius 3 is 2.65 bits per heavy atom. The second-order valence-corrected chi connectivity index (χ2v) is 5.40. The van der Waals surface area contributed by atoms with Gasteiger partial charge in [-0.2, -0.15) is 0 Å². The van der Waals surface area contributed by atoms with Crippen LogP contribution in [0.4, 0.5) is 0 Å². The Kier molecular flexibility index (Phi) is 3.35. The highest BCUT2D eigenvalue weighted by atomic mass is 16.5. The van der Waals surface area contributed by atoms with E-state index in [9.17, 15) is 4.79 Å². The number of para-hydroxylation sites is 1. The topological polar surface area (TPSA) is 51.5 Å². The third kappa shape index (κ3) is 2.48. The van der Waals surface area contributed by atoms with E-state index in [4.69, 9.17) is 9.15 Å². The van der Waals surface area contributed by atoms with E-state index in [1.807, 2.05) is 60.7 Å². The van der Waals surface area contributed by atoms with E-state index < -0.39 is 0 Å². The molecular formula is C19H15NO3. The van der Waals surface area contributed by atoms with Crippen LogP contribution in [0.15, 0.2) is 71.3 Å². The first-order chi connectivity index (χ1) is 11.3. The fourth-order valence-corrected chi connectivity index (χ4v) is 2.84. The Bertz CT molecular complexity index is 839. The van der Waals surface area contributed by atoms with Crippen molar-refractivity contribution in [3.63, 3.8) is 0 Å². The highest BCUT2D eigenvalue weighted by molar-refractivity contribution is 5.98. The Balaban J connectivity index is 1.59. The van der Waals surface area contributed by atoms with Crippen LogP contribution in [0.25, 0.3) is 11.1 Å².